The molecule has 4 aromatic carbocycles. The minimum absolute atomic E-state index is 0.0164. The molecule has 0 heterocycles. The normalized spacial score (nSPS) is 11.1. The molecule has 0 unspecified atom stereocenters. The number of aromatic hydroxyl groups is 1. The van der Waals surface area contributed by atoms with Crippen molar-refractivity contribution >= 4 is 27.3 Å². The molecule has 0 bridgehead atoms. The monoisotopic (exact) mass is 340 g/mol. The van der Waals surface area contributed by atoms with Gasteiger partial charge in [0.2, 0.25) is 0 Å². The van der Waals surface area contributed by atoms with Crippen molar-refractivity contribution in [2.24, 2.45) is 0 Å². The van der Waals surface area contributed by atoms with Crippen molar-refractivity contribution in [3.05, 3.63) is 78.4 Å². The van der Waals surface area contributed by atoms with E-state index in [-0.39, 0.29) is 11.5 Å². The predicted octanol–water partition coefficient (Wildman–Crippen LogP) is 6.35. The van der Waals surface area contributed by atoms with Gasteiger partial charge in [0.25, 0.3) is 0 Å². The van der Waals surface area contributed by atoms with Gasteiger partial charge in [0.15, 0.2) is 5.78 Å². The van der Waals surface area contributed by atoms with Crippen LogP contribution in [0.3, 0.4) is 0 Å². The number of benzene rings is 4. The van der Waals surface area contributed by atoms with Gasteiger partial charge in [-0.1, -0.05) is 73.7 Å². The Morgan fingerprint density at radius 1 is 0.846 bits per heavy atom. The summed E-state index contributed by atoms with van der Waals surface area (Å²) in [4.78, 5) is 12.6. The zero-order valence-electron chi connectivity index (χ0n) is 14.7. The number of ketones is 1. The maximum absolute atomic E-state index is 12.6. The third kappa shape index (κ3) is 2.64. The molecule has 0 aliphatic carbocycles. The molecule has 0 atom stereocenters. The highest BCUT2D eigenvalue weighted by Crippen LogP contribution is 2.42. The maximum atomic E-state index is 12.6. The summed E-state index contributed by atoms with van der Waals surface area (Å²) in [6, 6.07) is 23.9. The predicted molar refractivity (Wildman–Crippen MR) is 108 cm³/mol. The summed E-state index contributed by atoms with van der Waals surface area (Å²) in [5.41, 5.74) is 2.09. The third-order valence-electron chi connectivity index (χ3n) is 4.86. The molecule has 0 saturated carbocycles. The zero-order chi connectivity index (χ0) is 18.1. The lowest BCUT2D eigenvalue weighted by Gasteiger charge is -2.15. The molecule has 0 spiro atoms. The van der Waals surface area contributed by atoms with Crippen molar-refractivity contribution < 1.29 is 9.90 Å². The third-order valence-corrected chi connectivity index (χ3v) is 4.86. The van der Waals surface area contributed by atoms with Gasteiger partial charge in [-0.15, -0.1) is 0 Å². The number of phenolic OH excluding ortho intramolecular Hbond substituents is 1. The number of rotatable bonds is 4. The molecule has 0 saturated heterocycles. The summed E-state index contributed by atoms with van der Waals surface area (Å²) >= 11 is 0. The van der Waals surface area contributed by atoms with E-state index in [1.807, 2.05) is 61.5 Å². The van der Waals surface area contributed by atoms with E-state index in [0.29, 0.717) is 12.0 Å². The van der Waals surface area contributed by atoms with Gasteiger partial charge in [-0.25, -0.2) is 0 Å². The van der Waals surface area contributed by atoms with Gasteiger partial charge in [-0.05, 0) is 39.6 Å². The molecule has 4 rings (SSSR count). The lowest BCUT2D eigenvalue weighted by Crippen LogP contribution is -2.00. The number of hydrogen-bond acceptors (Lipinski definition) is 2. The van der Waals surface area contributed by atoms with Crippen LogP contribution in [0.25, 0.3) is 32.7 Å². The van der Waals surface area contributed by atoms with Crippen molar-refractivity contribution in [3.8, 4) is 16.9 Å². The molecule has 0 amide bonds. The van der Waals surface area contributed by atoms with Gasteiger partial charge < -0.3 is 5.11 Å². The first-order valence-corrected chi connectivity index (χ1v) is 8.96. The van der Waals surface area contributed by atoms with Gasteiger partial charge in [-0.2, -0.15) is 0 Å². The van der Waals surface area contributed by atoms with Crippen molar-refractivity contribution in [3.63, 3.8) is 0 Å². The highest BCUT2D eigenvalue weighted by Gasteiger charge is 2.19. The van der Waals surface area contributed by atoms with Crippen molar-refractivity contribution in [2.75, 3.05) is 0 Å². The first kappa shape index (κ1) is 16.3. The summed E-state index contributed by atoms with van der Waals surface area (Å²) in [6.45, 7) is 1.97. The Kier molecular flexibility index (Phi) is 4.18. The van der Waals surface area contributed by atoms with E-state index in [1.54, 1.807) is 0 Å². The van der Waals surface area contributed by atoms with Crippen molar-refractivity contribution in [1.82, 2.24) is 0 Å². The average Bonchev–Trinajstić information content (AvgIpc) is 2.67. The van der Waals surface area contributed by atoms with Crippen LogP contribution in [-0.4, -0.2) is 10.9 Å². The van der Waals surface area contributed by atoms with E-state index in [2.05, 4.69) is 18.2 Å². The molecule has 2 heteroatoms. The second-order valence-corrected chi connectivity index (χ2v) is 6.57. The Labute approximate surface area is 152 Å². The van der Waals surface area contributed by atoms with Crippen LogP contribution in [0.2, 0.25) is 0 Å². The van der Waals surface area contributed by atoms with E-state index in [1.165, 1.54) is 0 Å². The number of fused-ring (bicyclic) bond motifs is 2. The second kappa shape index (κ2) is 6.64. The molecule has 4 aromatic rings. The summed E-state index contributed by atoms with van der Waals surface area (Å²) in [5, 5.41) is 15.2. The molecule has 0 aliphatic rings. The fraction of sp³-hybridized carbons (Fsp3) is 0.125. The van der Waals surface area contributed by atoms with Crippen LogP contribution in [0.15, 0.2) is 72.8 Å². The lowest BCUT2D eigenvalue weighted by molar-refractivity contribution is 0.0979. The van der Waals surface area contributed by atoms with E-state index >= 15 is 0 Å². The quantitative estimate of drug-likeness (QED) is 0.440. The molecule has 128 valence electrons. The zero-order valence-corrected chi connectivity index (χ0v) is 14.7. The minimum Gasteiger partial charge on any atom is -0.507 e. The summed E-state index contributed by atoms with van der Waals surface area (Å²) in [7, 11) is 0. The van der Waals surface area contributed by atoms with Crippen LogP contribution < -0.4 is 0 Å². The number of Topliss-reactive ketones (excluding diaryl/α,β-unsaturated/α-hetero) is 1. The van der Waals surface area contributed by atoms with E-state index in [9.17, 15) is 9.90 Å². The number of hydrogen-bond donors (Lipinski definition) is 1. The first-order chi connectivity index (χ1) is 12.7. The molecule has 0 fully saturated rings. The second-order valence-electron chi connectivity index (χ2n) is 6.57. The molecule has 2 nitrogen and oxygen atoms in total. The smallest absolute Gasteiger partial charge is 0.166 e. The first-order valence-electron chi connectivity index (χ1n) is 8.96. The van der Waals surface area contributed by atoms with Crippen LogP contribution in [0.5, 0.6) is 5.75 Å². The largest absolute Gasteiger partial charge is 0.507 e. The topological polar surface area (TPSA) is 37.3 Å². The Morgan fingerprint density at radius 3 is 2.27 bits per heavy atom. The van der Waals surface area contributed by atoms with Gasteiger partial charge in [-0.3, -0.25) is 4.79 Å². The molecular weight excluding hydrogens is 320 g/mol. The van der Waals surface area contributed by atoms with Crippen LogP contribution in [0.1, 0.15) is 30.1 Å². The Bertz CT molecular complexity index is 1120. The maximum Gasteiger partial charge on any atom is 0.166 e. The molecule has 0 aromatic heterocycles. The van der Waals surface area contributed by atoms with Gasteiger partial charge >= 0.3 is 0 Å². The Hall–Kier alpha value is -3.13. The van der Waals surface area contributed by atoms with Gasteiger partial charge in [0.1, 0.15) is 5.75 Å². The average molecular weight is 340 g/mol. The lowest BCUT2D eigenvalue weighted by atomic mass is 9.89. The standard InChI is InChI=1S/C24H20O2/c1-2-8-22(25)21-15-17-10-4-6-13-19(17)23(24(21)26)20-14-7-11-16-9-3-5-12-18(16)20/h3-7,9-15,26H,2,8H2,1H3. The van der Waals surface area contributed by atoms with Crippen LogP contribution in [0.4, 0.5) is 0 Å². The van der Waals surface area contributed by atoms with Crippen molar-refractivity contribution in [2.45, 2.75) is 19.8 Å². The van der Waals surface area contributed by atoms with E-state index in [0.717, 1.165) is 39.1 Å². The minimum atomic E-state index is -0.0164. The summed E-state index contributed by atoms with van der Waals surface area (Å²) < 4.78 is 0. The van der Waals surface area contributed by atoms with Crippen LogP contribution in [-0.2, 0) is 0 Å². The molecular formula is C24H20O2. The highest BCUT2D eigenvalue weighted by molar-refractivity contribution is 6.12. The number of carbonyl (C=O) groups excluding carboxylic acids is 1. The van der Waals surface area contributed by atoms with E-state index < -0.39 is 0 Å². The van der Waals surface area contributed by atoms with Gasteiger partial charge in [0, 0.05) is 12.0 Å². The van der Waals surface area contributed by atoms with Gasteiger partial charge in [0.05, 0.1) is 5.56 Å². The van der Waals surface area contributed by atoms with Crippen LogP contribution >= 0.6 is 0 Å². The SMILES string of the molecule is CCCC(=O)c1cc2ccccc2c(-c2cccc3ccccc23)c1O. The molecule has 26 heavy (non-hydrogen) atoms. The fourth-order valence-electron chi connectivity index (χ4n) is 3.63. The fourth-order valence-corrected chi connectivity index (χ4v) is 3.63. The Balaban J connectivity index is 2.11. The molecule has 1 N–H and O–H groups in total. The van der Waals surface area contributed by atoms with Crippen LogP contribution in [0, 0.1) is 0 Å². The summed E-state index contributed by atoms with van der Waals surface area (Å²) in [6.07, 6.45) is 1.19. The van der Waals surface area contributed by atoms with Crippen molar-refractivity contribution in [1.29, 1.82) is 0 Å². The number of phenols is 1. The highest BCUT2D eigenvalue weighted by atomic mass is 16.3. The molecule has 0 radical (unpaired) electrons. The Morgan fingerprint density at radius 2 is 1.50 bits per heavy atom. The molecule has 0 aliphatic heterocycles. The summed E-state index contributed by atoms with van der Waals surface area (Å²) in [5.74, 6) is 0.0655. The number of carbonyl (C=O) groups is 1. The van der Waals surface area contributed by atoms with E-state index in [4.69, 9.17) is 0 Å².